The third-order valence-electron chi connectivity index (χ3n) is 2.48. The van der Waals surface area contributed by atoms with Crippen LogP contribution in [0.15, 0.2) is 22.7 Å². The van der Waals surface area contributed by atoms with Crippen LogP contribution < -0.4 is 10.5 Å². The molecule has 104 valence electrons. The average Bonchev–Trinajstić information content (AvgIpc) is 2.40. The highest BCUT2D eigenvalue weighted by Crippen LogP contribution is 2.28. The molecule has 0 bridgehead atoms. The van der Waals surface area contributed by atoms with Crippen LogP contribution in [-0.2, 0) is 0 Å². The first-order valence-corrected chi connectivity index (χ1v) is 6.13. The van der Waals surface area contributed by atoms with Gasteiger partial charge in [-0.25, -0.2) is 19.2 Å². The second kappa shape index (κ2) is 5.41. The molecule has 0 saturated carbocycles. The van der Waals surface area contributed by atoms with Gasteiger partial charge in [-0.15, -0.1) is 0 Å². The van der Waals surface area contributed by atoms with Gasteiger partial charge < -0.3 is 15.6 Å². The zero-order valence-electron chi connectivity index (χ0n) is 10.2. The molecule has 0 atom stereocenters. The number of hydrogen-bond acceptors (Lipinski definition) is 5. The fraction of sp³-hybridized carbons (Fsp3) is 0.0833. The molecule has 0 aliphatic rings. The summed E-state index contributed by atoms with van der Waals surface area (Å²) in [5.41, 5.74) is 5.56. The maximum absolute atomic E-state index is 13.5. The summed E-state index contributed by atoms with van der Waals surface area (Å²) >= 11 is 3.02. The zero-order valence-corrected chi connectivity index (χ0v) is 11.8. The molecule has 0 saturated heterocycles. The molecule has 1 aromatic carbocycles. The number of nitrogens with two attached hydrogens (primary N) is 1. The van der Waals surface area contributed by atoms with Gasteiger partial charge in [0.2, 0.25) is 0 Å². The van der Waals surface area contributed by atoms with E-state index in [0.29, 0.717) is 5.56 Å². The molecule has 3 N–H and O–H groups in total. The van der Waals surface area contributed by atoms with E-state index < -0.39 is 11.8 Å². The van der Waals surface area contributed by atoms with Gasteiger partial charge in [-0.3, -0.25) is 0 Å². The van der Waals surface area contributed by atoms with Gasteiger partial charge in [0, 0.05) is 5.56 Å². The monoisotopic (exact) mass is 341 g/mol. The number of aromatic nitrogens is 2. The first-order chi connectivity index (χ1) is 9.43. The first kappa shape index (κ1) is 14.2. The van der Waals surface area contributed by atoms with Crippen LogP contribution in [0.4, 0.5) is 10.2 Å². The van der Waals surface area contributed by atoms with E-state index in [9.17, 15) is 9.18 Å². The standard InChI is InChI=1S/C12H9BrFN3O3/c1-20-9-8(12(18)19)16-11(17-10(9)15)5-2-3-6(13)7(14)4-5/h2-4H,1H3,(H,18,19)(H2,15,16,17). The summed E-state index contributed by atoms with van der Waals surface area (Å²) in [6.45, 7) is 0. The minimum absolute atomic E-state index is 0.00657. The van der Waals surface area contributed by atoms with Crippen molar-refractivity contribution in [3.63, 3.8) is 0 Å². The highest BCUT2D eigenvalue weighted by atomic mass is 79.9. The van der Waals surface area contributed by atoms with Crippen LogP contribution in [0.1, 0.15) is 10.5 Å². The number of rotatable bonds is 3. The van der Waals surface area contributed by atoms with E-state index >= 15 is 0 Å². The summed E-state index contributed by atoms with van der Waals surface area (Å²) in [4.78, 5) is 18.9. The van der Waals surface area contributed by atoms with Gasteiger partial charge in [0.15, 0.2) is 23.1 Å². The van der Waals surface area contributed by atoms with Gasteiger partial charge in [-0.1, -0.05) is 0 Å². The molecule has 8 heteroatoms. The zero-order chi connectivity index (χ0) is 14.9. The van der Waals surface area contributed by atoms with Crippen molar-refractivity contribution in [3.8, 4) is 17.1 Å². The molecular formula is C12H9BrFN3O3. The Morgan fingerprint density at radius 1 is 1.45 bits per heavy atom. The van der Waals surface area contributed by atoms with Crippen LogP contribution in [0.25, 0.3) is 11.4 Å². The number of ether oxygens (including phenoxy) is 1. The number of methoxy groups -OCH3 is 1. The number of carboxylic acids is 1. The van der Waals surface area contributed by atoms with E-state index in [1.165, 1.54) is 19.2 Å². The Kier molecular flexibility index (Phi) is 3.84. The van der Waals surface area contributed by atoms with E-state index in [4.69, 9.17) is 15.6 Å². The SMILES string of the molecule is COc1c(N)nc(-c2ccc(Br)c(F)c2)nc1C(=O)O. The third kappa shape index (κ3) is 2.55. The smallest absolute Gasteiger partial charge is 0.358 e. The number of halogens is 2. The van der Waals surface area contributed by atoms with Crippen LogP contribution in [-0.4, -0.2) is 28.2 Å². The van der Waals surface area contributed by atoms with E-state index in [1.54, 1.807) is 6.07 Å². The van der Waals surface area contributed by atoms with Gasteiger partial charge in [0.1, 0.15) is 5.82 Å². The van der Waals surface area contributed by atoms with E-state index in [2.05, 4.69) is 25.9 Å². The topological polar surface area (TPSA) is 98.3 Å². The molecule has 0 aliphatic heterocycles. The maximum atomic E-state index is 13.5. The number of hydrogen-bond donors (Lipinski definition) is 2. The summed E-state index contributed by atoms with van der Waals surface area (Å²) in [6.07, 6.45) is 0. The summed E-state index contributed by atoms with van der Waals surface area (Å²) in [7, 11) is 1.26. The van der Waals surface area contributed by atoms with Gasteiger partial charge in [0.05, 0.1) is 11.6 Å². The highest BCUT2D eigenvalue weighted by molar-refractivity contribution is 9.10. The number of nitrogen functional groups attached to an aromatic ring is 1. The molecule has 1 heterocycles. The predicted molar refractivity (Wildman–Crippen MR) is 73.0 cm³/mol. The molecule has 0 unspecified atom stereocenters. The fourth-order valence-electron chi connectivity index (χ4n) is 1.58. The number of anilines is 1. The Morgan fingerprint density at radius 3 is 2.70 bits per heavy atom. The molecule has 2 aromatic rings. The Bertz CT molecular complexity index is 694. The van der Waals surface area contributed by atoms with Crippen LogP contribution >= 0.6 is 15.9 Å². The number of carboxylic acid groups (broad SMARTS) is 1. The largest absolute Gasteiger partial charge is 0.491 e. The Hall–Kier alpha value is -2.22. The van der Waals surface area contributed by atoms with Crippen LogP contribution in [0.3, 0.4) is 0 Å². The van der Waals surface area contributed by atoms with Crippen LogP contribution in [0.5, 0.6) is 5.75 Å². The van der Waals surface area contributed by atoms with Crippen molar-refractivity contribution in [2.75, 3.05) is 12.8 Å². The normalized spacial score (nSPS) is 10.3. The van der Waals surface area contributed by atoms with E-state index in [0.717, 1.165) is 0 Å². The Balaban J connectivity index is 2.63. The van der Waals surface area contributed by atoms with Crippen molar-refractivity contribution in [2.45, 2.75) is 0 Å². The number of aromatic carboxylic acids is 1. The average molecular weight is 342 g/mol. The minimum atomic E-state index is -1.31. The molecular weight excluding hydrogens is 333 g/mol. The fourth-order valence-corrected chi connectivity index (χ4v) is 1.82. The summed E-state index contributed by atoms with van der Waals surface area (Å²) in [5, 5.41) is 9.08. The second-order valence-electron chi connectivity index (χ2n) is 3.75. The van der Waals surface area contributed by atoms with Crippen molar-refractivity contribution >= 4 is 27.7 Å². The molecule has 0 amide bonds. The predicted octanol–water partition coefficient (Wildman–Crippen LogP) is 2.33. The van der Waals surface area contributed by atoms with Gasteiger partial charge in [-0.2, -0.15) is 0 Å². The molecule has 1 aromatic heterocycles. The Morgan fingerprint density at radius 2 is 2.15 bits per heavy atom. The second-order valence-corrected chi connectivity index (χ2v) is 4.60. The molecule has 0 fully saturated rings. The van der Waals surface area contributed by atoms with Crippen molar-refractivity contribution in [2.24, 2.45) is 0 Å². The lowest BCUT2D eigenvalue weighted by Crippen LogP contribution is -2.09. The van der Waals surface area contributed by atoms with Crippen LogP contribution in [0, 0.1) is 5.82 Å². The number of nitrogens with zero attached hydrogens (tertiary/aromatic N) is 2. The lowest BCUT2D eigenvalue weighted by molar-refractivity contribution is 0.0686. The molecule has 20 heavy (non-hydrogen) atoms. The molecule has 0 radical (unpaired) electrons. The molecule has 6 nitrogen and oxygen atoms in total. The van der Waals surface area contributed by atoms with Gasteiger partial charge >= 0.3 is 5.97 Å². The summed E-state index contributed by atoms with van der Waals surface area (Å²) in [5.74, 6) is -2.07. The first-order valence-electron chi connectivity index (χ1n) is 5.34. The lowest BCUT2D eigenvalue weighted by Gasteiger charge is -2.09. The highest BCUT2D eigenvalue weighted by Gasteiger charge is 2.20. The number of carbonyl (C=O) groups is 1. The van der Waals surface area contributed by atoms with E-state index in [-0.39, 0.29) is 27.6 Å². The van der Waals surface area contributed by atoms with Crippen molar-refractivity contribution < 1.29 is 19.0 Å². The summed E-state index contributed by atoms with van der Waals surface area (Å²) in [6, 6.07) is 4.19. The van der Waals surface area contributed by atoms with Crippen molar-refractivity contribution in [1.82, 2.24) is 9.97 Å². The lowest BCUT2D eigenvalue weighted by atomic mass is 10.2. The van der Waals surface area contributed by atoms with Gasteiger partial charge in [-0.05, 0) is 34.1 Å². The van der Waals surface area contributed by atoms with Crippen LogP contribution in [0.2, 0.25) is 0 Å². The van der Waals surface area contributed by atoms with Crippen molar-refractivity contribution in [3.05, 3.63) is 34.2 Å². The summed E-state index contributed by atoms with van der Waals surface area (Å²) < 4.78 is 18.6. The maximum Gasteiger partial charge on any atom is 0.358 e. The molecule has 2 rings (SSSR count). The Labute approximate surface area is 121 Å². The van der Waals surface area contributed by atoms with Crippen molar-refractivity contribution in [1.29, 1.82) is 0 Å². The minimum Gasteiger partial charge on any atom is -0.491 e. The van der Waals surface area contributed by atoms with Gasteiger partial charge in [0.25, 0.3) is 0 Å². The molecule has 0 spiro atoms. The quantitative estimate of drug-likeness (QED) is 0.888. The third-order valence-corrected chi connectivity index (χ3v) is 3.12. The molecule has 0 aliphatic carbocycles. The number of benzene rings is 1. The van der Waals surface area contributed by atoms with E-state index in [1.807, 2.05) is 0 Å².